The van der Waals surface area contributed by atoms with Crippen LogP contribution >= 0.6 is 11.6 Å². The molecular weight excluding hydrogens is 178 g/mol. The quantitative estimate of drug-likeness (QED) is 0.726. The van der Waals surface area contributed by atoms with Crippen LogP contribution in [0.15, 0.2) is 18.3 Å². The van der Waals surface area contributed by atoms with Crippen LogP contribution in [0.1, 0.15) is 0 Å². The maximum Gasteiger partial charge on any atom is 0.236 e. The van der Waals surface area contributed by atoms with E-state index in [0.717, 1.165) is 0 Å². The Balaban J connectivity index is 2.63. The molecule has 0 spiro atoms. The zero-order valence-electron chi connectivity index (χ0n) is 6.25. The van der Waals surface area contributed by atoms with Crippen LogP contribution in [-0.4, -0.2) is 17.4 Å². The zero-order valence-corrected chi connectivity index (χ0v) is 7.01. The van der Waals surface area contributed by atoms with E-state index < -0.39 is 5.91 Å². The Labute approximate surface area is 74.7 Å². The highest BCUT2D eigenvalue weighted by Crippen LogP contribution is 2.16. The highest BCUT2D eigenvalue weighted by Gasteiger charge is 1.99. The summed E-state index contributed by atoms with van der Waals surface area (Å²) in [7, 11) is 0. The maximum atomic E-state index is 10.4. The second-order valence-corrected chi connectivity index (χ2v) is 2.56. The van der Waals surface area contributed by atoms with Crippen molar-refractivity contribution in [2.45, 2.75) is 0 Å². The number of nitrogens with zero attached hydrogens (tertiary/aromatic N) is 1. The van der Waals surface area contributed by atoms with Crippen LogP contribution < -0.4 is 11.1 Å². The van der Waals surface area contributed by atoms with Crippen LogP contribution in [-0.2, 0) is 4.79 Å². The van der Waals surface area contributed by atoms with Crippen molar-refractivity contribution >= 4 is 23.3 Å². The lowest BCUT2D eigenvalue weighted by atomic mass is 10.4. The minimum Gasteiger partial charge on any atom is -0.368 e. The second kappa shape index (κ2) is 3.92. The molecule has 0 aliphatic rings. The number of rotatable bonds is 3. The Hall–Kier alpha value is -1.29. The number of halogens is 1. The predicted molar refractivity (Wildman–Crippen MR) is 46.9 cm³/mol. The van der Waals surface area contributed by atoms with Gasteiger partial charge >= 0.3 is 0 Å². The summed E-state index contributed by atoms with van der Waals surface area (Å²) in [4.78, 5) is 14.3. The lowest BCUT2D eigenvalue weighted by Crippen LogP contribution is -2.22. The van der Waals surface area contributed by atoms with Crippen molar-refractivity contribution in [3.05, 3.63) is 23.4 Å². The van der Waals surface area contributed by atoms with Gasteiger partial charge in [-0.2, -0.15) is 0 Å². The van der Waals surface area contributed by atoms with E-state index in [9.17, 15) is 4.79 Å². The van der Waals surface area contributed by atoms with Crippen molar-refractivity contribution in [1.29, 1.82) is 0 Å². The van der Waals surface area contributed by atoms with Gasteiger partial charge in [0.25, 0.3) is 0 Å². The van der Waals surface area contributed by atoms with E-state index in [1.54, 1.807) is 18.3 Å². The molecule has 0 fully saturated rings. The van der Waals surface area contributed by atoms with Crippen LogP contribution in [0.3, 0.4) is 0 Å². The smallest absolute Gasteiger partial charge is 0.236 e. The fourth-order valence-corrected chi connectivity index (χ4v) is 0.875. The van der Waals surface area contributed by atoms with Crippen molar-refractivity contribution in [3.8, 4) is 0 Å². The van der Waals surface area contributed by atoms with Gasteiger partial charge in [-0.1, -0.05) is 11.6 Å². The first-order valence-electron chi connectivity index (χ1n) is 3.33. The standard InChI is InChI=1S/C7H8ClN3O/c8-5-2-1-3-10-7(5)11-4-6(9)12/h1-3H,4H2,(H2,9,12)(H,10,11). The largest absolute Gasteiger partial charge is 0.368 e. The van der Waals surface area contributed by atoms with E-state index in [1.165, 1.54) is 0 Å². The molecule has 0 aromatic carbocycles. The molecule has 0 saturated carbocycles. The topological polar surface area (TPSA) is 68.0 Å². The Kier molecular flexibility index (Phi) is 2.88. The van der Waals surface area contributed by atoms with Gasteiger partial charge in [0.05, 0.1) is 11.6 Å². The Morgan fingerprint density at radius 2 is 2.50 bits per heavy atom. The van der Waals surface area contributed by atoms with Crippen molar-refractivity contribution in [1.82, 2.24) is 4.98 Å². The zero-order chi connectivity index (χ0) is 8.97. The van der Waals surface area contributed by atoms with E-state index in [2.05, 4.69) is 10.3 Å². The SMILES string of the molecule is NC(=O)CNc1ncccc1Cl. The van der Waals surface area contributed by atoms with Crippen LogP contribution in [0.2, 0.25) is 5.02 Å². The summed E-state index contributed by atoms with van der Waals surface area (Å²) < 4.78 is 0. The van der Waals surface area contributed by atoms with Gasteiger partial charge < -0.3 is 11.1 Å². The number of carbonyl (C=O) groups excluding carboxylic acids is 1. The Morgan fingerprint density at radius 3 is 3.08 bits per heavy atom. The van der Waals surface area contributed by atoms with E-state index in [0.29, 0.717) is 10.8 Å². The molecular formula is C7H8ClN3O. The number of carbonyl (C=O) groups is 1. The van der Waals surface area contributed by atoms with Gasteiger partial charge in [0.15, 0.2) is 0 Å². The van der Waals surface area contributed by atoms with Gasteiger partial charge in [0.2, 0.25) is 5.91 Å². The third-order valence-electron chi connectivity index (χ3n) is 1.19. The van der Waals surface area contributed by atoms with Crippen molar-refractivity contribution in [2.24, 2.45) is 5.73 Å². The molecule has 4 nitrogen and oxygen atoms in total. The molecule has 3 N–H and O–H groups in total. The minimum atomic E-state index is -0.447. The number of primary amides is 1. The second-order valence-electron chi connectivity index (χ2n) is 2.15. The molecule has 0 radical (unpaired) electrons. The molecule has 0 unspecified atom stereocenters. The summed E-state index contributed by atoms with van der Waals surface area (Å²) in [5.74, 6) is 0.0229. The molecule has 0 atom stereocenters. The van der Waals surface area contributed by atoms with Crippen LogP contribution in [0.25, 0.3) is 0 Å². The third kappa shape index (κ3) is 2.39. The minimum absolute atomic E-state index is 0.0384. The summed E-state index contributed by atoms with van der Waals surface area (Å²) in [6.07, 6.45) is 1.58. The maximum absolute atomic E-state index is 10.4. The first-order chi connectivity index (χ1) is 5.70. The summed E-state index contributed by atoms with van der Waals surface area (Å²) in [5, 5.41) is 3.17. The van der Waals surface area contributed by atoms with E-state index in [-0.39, 0.29) is 6.54 Å². The molecule has 64 valence electrons. The number of nitrogens with one attached hydrogen (secondary N) is 1. The van der Waals surface area contributed by atoms with Crippen LogP contribution in [0.5, 0.6) is 0 Å². The Morgan fingerprint density at radius 1 is 1.75 bits per heavy atom. The Bertz CT molecular complexity index is 290. The number of pyridine rings is 1. The first kappa shape index (κ1) is 8.80. The fourth-order valence-electron chi connectivity index (χ4n) is 0.687. The van der Waals surface area contributed by atoms with E-state index >= 15 is 0 Å². The molecule has 0 aliphatic carbocycles. The van der Waals surface area contributed by atoms with E-state index in [1.807, 2.05) is 0 Å². The van der Waals surface area contributed by atoms with Crippen LogP contribution in [0.4, 0.5) is 5.82 Å². The van der Waals surface area contributed by atoms with Gasteiger partial charge in [-0.15, -0.1) is 0 Å². The molecule has 1 amide bonds. The lowest BCUT2D eigenvalue weighted by molar-refractivity contribution is -0.116. The molecule has 0 aliphatic heterocycles. The van der Waals surface area contributed by atoms with Gasteiger partial charge in [-0.05, 0) is 12.1 Å². The number of nitrogens with two attached hydrogens (primary N) is 1. The van der Waals surface area contributed by atoms with Gasteiger partial charge in [0.1, 0.15) is 5.82 Å². The van der Waals surface area contributed by atoms with Crippen molar-refractivity contribution < 1.29 is 4.79 Å². The highest BCUT2D eigenvalue weighted by molar-refractivity contribution is 6.32. The number of anilines is 1. The van der Waals surface area contributed by atoms with Crippen LogP contribution in [0, 0.1) is 0 Å². The van der Waals surface area contributed by atoms with Crippen molar-refractivity contribution in [3.63, 3.8) is 0 Å². The number of hydrogen-bond acceptors (Lipinski definition) is 3. The molecule has 0 bridgehead atoms. The molecule has 1 aromatic rings. The summed E-state index contributed by atoms with van der Waals surface area (Å²) in [6, 6.07) is 3.38. The molecule has 1 rings (SSSR count). The van der Waals surface area contributed by atoms with Gasteiger partial charge in [-0.25, -0.2) is 4.98 Å². The monoisotopic (exact) mass is 185 g/mol. The number of hydrogen-bond donors (Lipinski definition) is 2. The summed E-state index contributed by atoms with van der Waals surface area (Å²) in [6.45, 7) is 0.0384. The van der Waals surface area contributed by atoms with Gasteiger partial charge in [0, 0.05) is 6.20 Å². The molecule has 5 heteroatoms. The molecule has 1 heterocycles. The lowest BCUT2D eigenvalue weighted by Gasteiger charge is -2.03. The van der Waals surface area contributed by atoms with E-state index in [4.69, 9.17) is 17.3 Å². The normalized spacial score (nSPS) is 9.42. The fraction of sp³-hybridized carbons (Fsp3) is 0.143. The predicted octanol–water partition coefficient (Wildman–Crippen LogP) is 0.632. The summed E-state index contributed by atoms with van der Waals surface area (Å²) in [5.41, 5.74) is 4.92. The molecule has 1 aromatic heterocycles. The first-order valence-corrected chi connectivity index (χ1v) is 3.70. The molecule has 12 heavy (non-hydrogen) atoms. The third-order valence-corrected chi connectivity index (χ3v) is 1.49. The average Bonchev–Trinajstić information content (AvgIpc) is 2.03. The van der Waals surface area contributed by atoms with Crippen molar-refractivity contribution in [2.75, 3.05) is 11.9 Å². The number of aromatic nitrogens is 1. The highest BCUT2D eigenvalue weighted by atomic mass is 35.5. The number of amides is 1. The average molecular weight is 186 g/mol. The molecule has 0 saturated heterocycles. The van der Waals surface area contributed by atoms with Gasteiger partial charge in [-0.3, -0.25) is 4.79 Å². The summed E-state index contributed by atoms with van der Waals surface area (Å²) >= 11 is 5.73.